The van der Waals surface area contributed by atoms with Crippen molar-refractivity contribution in [2.45, 2.75) is 46.1 Å². The van der Waals surface area contributed by atoms with Gasteiger partial charge in [-0.05, 0) is 43.9 Å². The molecule has 0 bridgehead atoms. The fourth-order valence-electron chi connectivity index (χ4n) is 3.07. The Hall–Kier alpha value is -2.30. The van der Waals surface area contributed by atoms with Gasteiger partial charge in [0.2, 0.25) is 5.91 Å². The number of benzene rings is 1. The fourth-order valence-corrected chi connectivity index (χ4v) is 3.07. The average molecular weight is 315 g/mol. The monoisotopic (exact) mass is 315 g/mol. The third-order valence-electron chi connectivity index (χ3n) is 4.11. The summed E-state index contributed by atoms with van der Waals surface area (Å²) < 4.78 is 6.01. The van der Waals surface area contributed by atoms with Crippen molar-refractivity contribution in [2.24, 2.45) is 10.9 Å². The number of hydrogen-bond acceptors (Lipinski definition) is 4. The van der Waals surface area contributed by atoms with Gasteiger partial charge >= 0.3 is 0 Å². The topological polar surface area (TPSA) is 67.9 Å². The number of amides is 1. The molecule has 0 fully saturated rings. The van der Waals surface area contributed by atoms with E-state index < -0.39 is 0 Å². The molecule has 23 heavy (non-hydrogen) atoms. The van der Waals surface area contributed by atoms with E-state index in [9.17, 15) is 4.79 Å². The van der Waals surface area contributed by atoms with Gasteiger partial charge in [-0.2, -0.15) is 5.10 Å². The average Bonchev–Trinajstić information content (AvgIpc) is 2.51. The smallest absolute Gasteiger partial charge is 0.224 e. The van der Waals surface area contributed by atoms with Gasteiger partial charge in [0, 0.05) is 24.1 Å². The highest BCUT2D eigenvalue weighted by atomic mass is 16.5. The third kappa shape index (κ3) is 3.38. The highest BCUT2D eigenvalue weighted by molar-refractivity contribution is 6.10. The van der Waals surface area contributed by atoms with E-state index in [0.717, 1.165) is 41.8 Å². The van der Waals surface area contributed by atoms with Gasteiger partial charge < -0.3 is 15.5 Å². The van der Waals surface area contributed by atoms with Crippen LogP contribution in [0.1, 0.15) is 44.7 Å². The van der Waals surface area contributed by atoms with E-state index in [0.29, 0.717) is 12.2 Å². The van der Waals surface area contributed by atoms with Crippen LogP contribution in [0.15, 0.2) is 23.8 Å². The van der Waals surface area contributed by atoms with Crippen molar-refractivity contribution in [2.75, 3.05) is 11.5 Å². The SMILES string of the molecule is C=C(/C=N\N)c1ccc2c(c1OCCC)CCC(C)N2C(C)=O. The van der Waals surface area contributed by atoms with Crippen LogP contribution in [0.4, 0.5) is 5.69 Å². The number of ether oxygens (including phenoxy) is 1. The van der Waals surface area contributed by atoms with Crippen molar-refractivity contribution in [1.29, 1.82) is 0 Å². The van der Waals surface area contributed by atoms with Crippen molar-refractivity contribution in [3.05, 3.63) is 29.8 Å². The lowest BCUT2D eigenvalue weighted by molar-refractivity contribution is -0.117. The molecule has 0 saturated carbocycles. The Labute approximate surface area is 137 Å². The molecule has 1 aliphatic heterocycles. The summed E-state index contributed by atoms with van der Waals surface area (Å²) in [7, 11) is 0. The first-order valence-corrected chi connectivity index (χ1v) is 8.02. The minimum Gasteiger partial charge on any atom is -0.493 e. The molecule has 1 aromatic rings. The number of carbonyl (C=O) groups excluding carboxylic acids is 1. The van der Waals surface area contributed by atoms with Crippen molar-refractivity contribution < 1.29 is 9.53 Å². The second-order valence-electron chi connectivity index (χ2n) is 5.87. The molecule has 0 saturated heterocycles. The molecule has 5 heteroatoms. The number of rotatable bonds is 5. The van der Waals surface area contributed by atoms with Gasteiger partial charge in [-0.3, -0.25) is 4.79 Å². The maximum absolute atomic E-state index is 12.0. The van der Waals surface area contributed by atoms with Gasteiger partial charge in [0.1, 0.15) is 5.75 Å². The maximum atomic E-state index is 12.0. The number of fused-ring (bicyclic) bond motifs is 1. The summed E-state index contributed by atoms with van der Waals surface area (Å²) in [6.07, 6.45) is 4.22. The second-order valence-corrected chi connectivity index (χ2v) is 5.87. The fraction of sp³-hybridized carbons (Fsp3) is 0.444. The highest BCUT2D eigenvalue weighted by Crippen LogP contribution is 2.40. The summed E-state index contributed by atoms with van der Waals surface area (Å²) in [5, 5.41) is 3.56. The lowest BCUT2D eigenvalue weighted by atomic mass is 9.92. The van der Waals surface area contributed by atoms with E-state index >= 15 is 0 Å². The number of nitrogens with two attached hydrogens (primary N) is 1. The third-order valence-corrected chi connectivity index (χ3v) is 4.11. The highest BCUT2D eigenvalue weighted by Gasteiger charge is 2.29. The molecule has 1 atom stereocenters. The van der Waals surface area contributed by atoms with Crippen molar-refractivity contribution in [3.63, 3.8) is 0 Å². The molecule has 0 spiro atoms. The zero-order valence-corrected chi connectivity index (χ0v) is 14.1. The molecule has 0 aromatic heterocycles. The Kier molecular flexibility index (Phi) is 5.42. The van der Waals surface area contributed by atoms with Crippen LogP contribution in [0.3, 0.4) is 0 Å². The molecule has 1 aromatic carbocycles. The standard InChI is InChI=1S/C18H25N3O2/c1-5-10-23-18-15(12(2)11-20-19)8-9-17-16(18)7-6-13(3)21(17)14(4)22/h8-9,11,13H,2,5-7,10,19H2,1,3-4H3/b20-11-. The Balaban J connectivity index is 2.58. The Morgan fingerprint density at radius 1 is 1.57 bits per heavy atom. The number of carbonyl (C=O) groups is 1. The number of nitrogens with zero attached hydrogens (tertiary/aromatic N) is 2. The Bertz CT molecular complexity index is 637. The molecular weight excluding hydrogens is 290 g/mol. The van der Waals surface area contributed by atoms with Gasteiger partial charge in [-0.15, -0.1) is 0 Å². The lowest BCUT2D eigenvalue weighted by Crippen LogP contribution is -2.40. The van der Waals surface area contributed by atoms with Gasteiger partial charge in [0.15, 0.2) is 0 Å². The van der Waals surface area contributed by atoms with Crippen LogP contribution in [0.25, 0.3) is 5.57 Å². The van der Waals surface area contributed by atoms with Crippen LogP contribution in [0, 0.1) is 0 Å². The quantitative estimate of drug-likeness (QED) is 0.516. The molecule has 124 valence electrons. The van der Waals surface area contributed by atoms with Crippen LogP contribution >= 0.6 is 0 Å². The van der Waals surface area contributed by atoms with Gasteiger partial charge in [-0.1, -0.05) is 13.5 Å². The van der Waals surface area contributed by atoms with Gasteiger partial charge in [-0.25, -0.2) is 0 Å². The van der Waals surface area contributed by atoms with Crippen LogP contribution < -0.4 is 15.5 Å². The maximum Gasteiger partial charge on any atom is 0.224 e. The van der Waals surface area contributed by atoms with Crippen molar-refractivity contribution in [1.82, 2.24) is 0 Å². The van der Waals surface area contributed by atoms with Crippen molar-refractivity contribution >= 4 is 23.4 Å². The van der Waals surface area contributed by atoms with Crippen LogP contribution in [-0.4, -0.2) is 24.8 Å². The van der Waals surface area contributed by atoms with Gasteiger partial charge in [0.25, 0.3) is 0 Å². The van der Waals surface area contributed by atoms with Crippen LogP contribution in [0.2, 0.25) is 0 Å². The first-order valence-electron chi connectivity index (χ1n) is 8.02. The Morgan fingerprint density at radius 2 is 2.30 bits per heavy atom. The predicted octanol–water partition coefficient (Wildman–Crippen LogP) is 3.12. The van der Waals surface area contributed by atoms with Crippen molar-refractivity contribution in [3.8, 4) is 5.75 Å². The number of hydrazone groups is 1. The summed E-state index contributed by atoms with van der Waals surface area (Å²) >= 11 is 0. The molecule has 1 heterocycles. The van der Waals surface area contributed by atoms with E-state index in [1.807, 2.05) is 17.0 Å². The normalized spacial score (nSPS) is 17.2. The minimum absolute atomic E-state index is 0.0509. The predicted molar refractivity (Wildman–Crippen MR) is 94.9 cm³/mol. The number of anilines is 1. The molecule has 5 nitrogen and oxygen atoms in total. The Morgan fingerprint density at radius 3 is 2.91 bits per heavy atom. The summed E-state index contributed by atoms with van der Waals surface area (Å²) in [6.45, 7) is 10.4. The molecule has 2 rings (SSSR count). The summed E-state index contributed by atoms with van der Waals surface area (Å²) in [5.41, 5.74) is 3.58. The molecular formula is C18H25N3O2. The summed E-state index contributed by atoms with van der Waals surface area (Å²) in [5.74, 6) is 6.10. The summed E-state index contributed by atoms with van der Waals surface area (Å²) in [4.78, 5) is 13.9. The first-order chi connectivity index (χ1) is 11.0. The minimum atomic E-state index is 0.0509. The number of allylic oxidation sites excluding steroid dienone is 1. The van der Waals surface area contributed by atoms with E-state index in [-0.39, 0.29) is 11.9 Å². The van der Waals surface area contributed by atoms with E-state index in [1.54, 1.807) is 6.92 Å². The van der Waals surface area contributed by atoms with E-state index in [2.05, 4.69) is 25.5 Å². The zero-order chi connectivity index (χ0) is 17.0. The molecule has 1 aliphatic rings. The molecule has 1 amide bonds. The van der Waals surface area contributed by atoms with E-state index in [4.69, 9.17) is 10.6 Å². The first kappa shape index (κ1) is 17.1. The van der Waals surface area contributed by atoms with E-state index in [1.165, 1.54) is 6.21 Å². The molecule has 2 N–H and O–H groups in total. The van der Waals surface area contributed by atoms with Crippen LogP contribution in [-0.2, 0) is 11.2 Å². The number of hydrogen-bond donors (Lipinski definition) is 1. The van der Waals surface area contributed by atoms with Crippen LogP contribution in [0.5, 0.6) is 5.75 Å². The lowest BCUT2D eigenvalue weighted by Gasteiger charge is -2.36. The molecule has 1 unspecified atom stereocenters. The second kappa shape index (κ2) is 7.31. The van der Waals surface area contributed by atoms with Gasteiger partial charge in [0.05, 0.1) is 18.5 Å². The zero-order valence-electron chi connectivity index (χ0n) is 14.1. The molecule has 0 aliphatic carbocycles. The molecule has 0 radical (unpaired) electrons. The largest absolute Gasteiger partial charge is 0.493 e. The summed E-state index contributed by atoms with van der Waals surface area (Å²) in [6, 6.07) is 4.09.